The highest BCUT2D eigenvalue weighted by Gasteiger charge is 2.16. The minimum absolute atomic E-state index is 0.0444. The number of thioether (sulfide) groups is 1. The highest BCUT2D eigenvalue weighted by Crippen LogP contribution is 2.27. The number of carbonyl (C=O) groups is 1. The van der Waals surface area contributed by atoms with E-state index in [1.54, 1.807) is 0 Å². The summed E-state index contributed by atoms with van der Waals surface area (Å²) >= 11 is 3.54. The number of anilines is 1. The third-order valence-electron chi connectivity index (χ3n) is 3.66. The van der Waals surface area contributed by atoms with E-state index in [-0.39, 0.29) is 5.91 Å². The first-order valence-corrected chi connectivity index (χ1v) is 8.84. The predicted octanol–water partition coefficient (Wildman–Crippen LogP) is 3.36. The number of hydrogen-bond acceptors (Lipinski definition) is 4. The van der Waals surface area contributed by atoms with Crippen LogP contribution in [0.15, 0.2) is 24.3 Å². The van der Waals surface area contributed by atoms with Gasteiger partial charge in [0.25, 0.3) is 5.91 Å². The Morgan fingerprint density at radius 2 is 2.10 bits per heavy atom. The maximum absolute atomic E-state index is 12.2. The first kappa shape index (κ1) is 13.8. The van der Waals surface area contributed by atoms with E-state index >= 15 is 0 Å². The van der Waals surface area contributed by atoms with E-state index in [9.17, 15) is 4.79 Å². The summed E-state index contributed by atoms with van der Waals surface area (Å²) in [5, 5.41) is 4.13. The molecule has 1 saturated heterocycles. The highest BCUT2D eigenvalue weighted by atomic mass is 32.2. The summed E-state index contributed by atoms with van der Waals surface area (Å²) in [6, 6.07) is 7.70. The Balaban J connectivity index is 1.65. The van der Waals surface area contributed by atoms with Crippen LogP contribution in [0.5, 0.6) is 0 Å². The monoisotopic (exact) mass is 306 g/mol. The van der Waals surface area contributed by atoms with Gasteiger partial charge in [0.05, 0.1) is 4.88 Å². The Bertz CT molecular complexity index is 617. The number of hydrogen-bond donors (Lipinski definition) is 2. The lowest BCUT2D eigenvalue weighted by Crippen LogP contribution is -2.30. The second kappa shape index (κ2) is 6.06. The number of amides is 1. The molecule has 0 radical (unpaired) electrons. The molecule has 0 bridgehead atoms. The normalized spacial score (nSPS) is 16.4. The van der Waals surface area contributed by atoms with Crippen LogP contribution in [0.3, 0.4) is 0 Å². The van der Waals surface area contributed by atoms with Gasteiger partial charge < -0.3 is 11.1 Å². The van der Waals surface area contributed by atoms with E-state index in [2.05, 4.69) is 5.32 Å². The molecular formula is C15H18N2OS2. The Labute approximate surface area is 126 Å². The van der Waals surface area contributed by atoms with Crippen LogP contribution in [0.2, 0.25) is 0 Å². The van der Waals surface area contributed by atoms with Crippen molar-refractivity contribution in [2.45, 2.75) is 12.8 Å². The first-order chi connectivity index (χ1) is 9.72. The van der Waals surface area contributed by atoms with Crippen LogP contribution in [0.25, 0.3) is 10.1 Å². The van der Waals surface area contributed by atoms with Gasteiger partial charge in [-0.1, -0.05) is 0 Å². The second-order valence-corrected chi connectivity index (χ2v) is 7.48. The van der Waals surface area contributed by atoms with Gasteiger partial charge in [-0.3, -0.25) is 4.79 Å². The standard InChI is InChI=1S/C15H18N2OS2/c16-12-1-2-13-11(7-12)8-14(20-13)15(18)17-9-10-3-5-19-6-4-10/h1-2,7-8,10H,3-6,9,16H2,(H,17,18). The number of nitrogen functional groups attached to an aromatic ring is 1. The maximum Gasteiger partial charge on any atom is 0.261 e. The van der Waals surface area contributed by atoms with Crippen molar-refractivity contribution in [3.63, 3.8) is 0 Å². The van der Waals surface area contributed by atoms with Crippen LogP contribution in [0, 0.1) is 5.92 Å². The van der Waals surface area contributed by atoms with Gasteiger partial charge in [-0.2, -0.15) is 11.8 Å². The van der Waals surface area contributed by atoms with Crippen LogP contribution in [0.4, 0.5) is 5.69 Å². The fourth-order valence-corrected chi connectivity index (χ4v) is 4.61. The number of nitrogens with two attached hydrogens (primary N) is 1. The molecule has 3 N–H and O–H groups in total. The van der Waals surface area contributed by atoms with Crippen molar-refractivity contribution < 1.29 is 4.79 Å². The van der Waals surface area contributed by atoms with E-state index in [1.165, 1.54) is 35.7 Å². The van der Waals surface area contributed by atoms with Crippen LogP contribution in [-0.2, 0) is 0 Å². The molecule has 106 valence electrons. The van der Waals surface area contributed by atoms with E-state index in [0.29, 0.717) is 5.92 Å². The molecule has 0 spiro atoms. The van der Waals surface area contributed by atoms with Crippen molar-refractivity contribution >= 4 is 44.8 Å². The van der Waals surface area contributed by atoms with Gasteiger partial charge in [-0.15, -0.1) is 11.3 Å². The SMILES string of the molecule is Nc1ccc2sc(C(=O)NCC3CCSCC3)cc2c1. The molecule has 1 amide bonds. The zero-order valence-corrected chi connectivity index (χ0v) is 12.9. The van der Waals surface area contributed by atoms with Crippen molar-refractivity contribution in [3.8, 4) is 0 Å². The van der Waals surface area contributed by atoms with Crippen LogP contribution < -0.4 is 11.1 Å². The summed E-state index contributed by atoms with van der Waals surface area (Å²) in [7, 11) is 0. The quantitative estimate of drug-likeness (QED) is 0.855. The molecule has 1 fully saturated rings. The molecule has 2 heterocycles. The number of carbonyl (C=O) groups excluding carboxylic acids is 1. The lowest BCUT2D eigenvalue weighted by molar-refractivity contribution is 0.0950. The van der Waals surface area contributed by atoms with Crippen molar-refractivity contribution in [1.29, 1.82) is 0 Å². The summed E-state index contributed by atoms with van der Waals surface area (Å²) in [6.07, 6.45) is 2.43. The molecule has 0 aliphatic carbocycles. The molecule has 1 aromatic heterocycles. The zero-order valence-electron chi connectivity index (χ0n) is 11.2. The Morgan fingerprint density at radius 1 is 1.30 bits per heavy atom. The lowest BCUT2D eigenvalue weighted by atomic mass is 10.0. The first-order valence-electron chi connectivity index (χ1n) is 6.87. The summed E-state index contributed by atoms with van der Waals surface area (Å²) in [5.74, 6) is 3.14. The molecule has 1 aliphatic rings. The van der Waals surface area contributed by atoms with E-state index in [0.717, 1.165) is 27.2 Å². The Kier molecular flexibility index (Phi) is 4.17. The third kappa shape index (κ3) is 3.10. The number of benzene rings is 1. The molecule has 0 unspecified atom stereocenters. The summed E-state index contributed by atoms with van der Waals surface area (Å²) in [6.45, 7) is 0.801. The number of nitrogens with one attached hydrogen (secondary N) is 1. The average molecular weight is 306 g/mol. The summed E-state index contributed by atoms with van der Waals surface area (Å²) < 4.78 is 1.11. The van der Waals surface area contributed by atoms with Gasteiger partial charge >= 0.3 is 0 Å². The number of fused-ring (bicyclic) bond motifs is 1. The molecule has 20 heavy (non-hydrogen) atoms. The number of rotatable bonds is 3. The van der Waals surface area contributed by atoms with E-state index in [1.807, 2.05) is 36.0 Å². The smallest absolute Gasteiger partial charge is 0.261 e. The third-order valence-corrected chi connectivity index (χ3v) is 5.82. The molecule has 1 aromatic carbocycles. The molecule has 0 atom stereocenters. The average Bonchev–Trinajstić information content (AvgIpc) is 2.89. The van der Waals surface area contributed by atoms with E-state index in [4.69, 9.17) is 5.73 Å². The van der Waals surface area contributed by atoms with Crippen molar-refractivity contribution in [1.82, 2.24) is 5.32 Å². The summed E-state index contributed by atoms with van der Waals surface area (Å²) in [4.78, 5) is 13.0. The Morgan fingerprint density at radius 3 is 2.90 bits per heavy atom. The van der Waals surface area contributed by atoms with E-state index < -0.39 is 0 Å². The van der Waals surface area contributed by atoms with Gasteiger partial charge in [0, 0.05) is 16.9 Å². The maximum atomic E-state index is 12.2. The van der Waals surface area contributed by atoms with Crippen LogP contribution in [0.1, 0.15) is 22.5 Å². The van der Waals surface area contributed by atoms with Crippen molar-refractivity contribution in [3.05, 3.63) is 29.1 Å². The Hall–Kier alpha value is -1.20. The van der Waals surface area contributed by atoms with Gasteiger partial charge in [0.2, 0.25) is 0 Å². The zero-order chi connectivity index (χ0) is 13.9. The minimum Gasteiger partial charge on any atom is -0.399 e. The molecule has 0 saturated carbocycles. The fourth-order valence-electron chi connectivity index (χ4n) is 2.45. The molecule has 2 aromatic rings. The highest BCUT2D eigenvalue weighted by molar-refractivity contribution is 7.99. The molecule has 3 nitrogen and oxygen atoms in total. The van der Waals surface area contributed by atoms with Crippen molar-refractivity contribution in [2.75, 3.05) is 23.8 Å². The molecule has 3 rings (SSSR count). The largest absolute Gasteiger partial charge is 0.399 e. The second-order valence-electron chi connectivity index (χ2n) is 5.17. The minimum atomic E-state index is 0.0444. The van der Waals surface area contributed by atoms with Gasteiger partial charge in [0.1, 0.15) is 0 Å². The van der Waals surface area contributed by atoms with Gasteiger partial charge in [-0.05, 0) is 59.9 Å². The van der Waals surface area contributed by atoms with Gasteiger partial charge in [-0.25, -0.2) is 0 Å². The number of thiophene rings is 1. The fraction of sp³-hybridized carbons (Fsp3) is 0.400. The topological polar surface area (TPSA) is 55.1 Å². The van der Waals surface area contributed by atoms with Crippen LogP contribution in [-0.4, -0.2) is 24.0 Å². The van der Waals surface area contributed by atoms with Crippen LogP contribution >= 0.6 is 23.1 Å². The lowest BCUT2D eigenvalue weighted by Gasteiger charge is -2.21. The molecular weight excluding hydrogens is 288 g/mol. The molecule has 5 heteroatoms. The van der Waals surface area contributed by atoms with Gasteiger partial charge in [0.15, 0.2) is 0 Å². The molecule has 1 aliphatic heterocycles. The summed E-state index contributed by atoms with van der Waals surface area (Å²) in [5.41, 5.74) is 6.51. The predicted molar refractivity (Wildman–Crippen MR) is 88.6 cm³/mol. The van der Waals surface area contributed by atoms with Crippen molar-refractivity contribution in [2.24, 2.45) is 5.92 Å².